The van der Waals surface area contributed by atoms with Crippen molar-refractivity contribution < 1.29 is 38.9 Å². The van der Waals surface area contributed by atoms with Crippen LogP contribution in [0.3, 0.4) is 0 Å². The first-order valence-electron chi connectivity index (χ1n) is 11.9. The summed E-state index contributed by atoms with van der Waals surface area (Å²) in [4.78, 5) is 40.4. The molecule has 1 rings (SSSR count). The molecule has 0 spiro atoms. The van der Waals surface area contributed by atoms with Crippen molar-refractivity contribution in [3.8, 4) is 0 Å². The number of rotatable bonds is 8. The summed E-state index contributed by atoms with van der Waals surface area (Å²) < 4.78 is 10.4. The number of carboxylic acids is 2. The number of hydrogen-bond acceptors (Lipinski definition) is 6. The molecule has 8 heteroatoms. The number of allylic oxidation sites excluding steroid dienone is 5. The number of carboxylic acid groups (broad SMARTS) is 2. The zero-order valence-electron chi connectivity index (χ0n) is 23.3. The van der Waals surface area contributed by atoms with E-state index in [4.69, 9.17) is 29.3 Å². The second-order valence-corrected chi connectivity index (χ2v) is 9.33. The molecule has 0 aromatic rings. The van der Waals surface area contributed by atoms with Crippen LogP contribution in [-0.4, -0.2) is 46.8 Å². The highest BCUT2D eigenvalue weighted by atomic mass is 16.5. The van der Waals surface area contributed by atoms with Gasteiger partial charge in [0.05, 0.1) is 0 Å². The molecule has 0 fully saturated rings. The molecule has 0 radical (unpaired) electrons. The Balaban J connectivity index is 0. The Morgan fingerprint density at radius 2 is 1.47 bits per heavy atom. The average Bonchev–Trinajstić information content (AvgIpc) is 2.68. The molecule has 8 nitrogen and oxygen atoms in total. The minimum atomic E-state index is -0.833. The van der Waals surface area contributed by atoms with Crippen LogP contribution < -0.4 is 0 Å². The molecule has 204 valence electrons. The van der Waals surface area contributed by atoms with Gasteiger partial charge in [-0.1, -0.05) is 42.7 Å². The minimum absolute atomic E-state index is 0.224. The van der Waals surface area contributed by atoms with Gasteiger partial charge in [0.2, 0.25) is 0 Å². The predicted octanol–water partition coefficient (Wildman–Crippen LogP) is 6.03. The van der Waals surface area contributed by atoms with E-state index in [1.54, 1.807) is 0 Å². The molecule has 1 atom stereocenters. The van der Waals surface area contributed by atoms with Crippen LogP contribution in [0.15, 0.2) is 46.6 Å². The number of carbonyl (C=O) groups excluding carboxylic acids is 2. The SMILES string of the molecule is CC(=O)O.CC(=O)O.CC(=O)OCC=C(C)C=CC(OC(C)=O)C(C)=CCC1=C(C)CCCC1(C)C. The maximum Gasteiger partial charge on any atom is 0.303 e. The van der Waals surface area contributed by atoms with Crippen molar-refractivity contribution in [3.05, 3.63) is 46.6 Å². The standard InChI is InChI=1S/C24H36O4.2C2H4O2/c1-17(14-16-27-20(4)25)10-13-23(28-21(5)26)19(3)11-12-22-18(2)9-8-15-24(22,6)7;2*1-2(3)4/h10-11,13-14,23H,8-9,12,15-16H2,1-7H3;2*1H3,(H,3,4). The van der Waals surface area contributed by atoms with Crippen molar-refractivity contribution in [1.29, 1.82) is 0 Å². The van der Waals surface area contributed by atoms with E-state index in [0.29, 0.717) is 0 Å². The summed E-state index contributed by atoms with van der Waals surface area (Å²) in [6, 6.07) is 0. The topological polar surface area (TPSA) is 127 Å². The van der Waals surface area contributed by atoms with Crippen molar-refractivity contribution in [3.63, 3.8) is 0 Å². The Hall–Kier alpha value is -3.16. The van der Waals surface area contributed by atoms with Gasteiger partial charge in [-0.15, -0.1) is 0 Å². The molecule has 0 aliphatic heterocycles. The fourth-order valence-electron chi connectivity index (χ4n) is 3.57. The van der Waals surface area contributed by atoms with Crippen LogP contribution in [0.4, 0.5) is 0 Å². The van der Waals surface area contributed by atoms with Crippen molar-refractivity contribution in [2.45, 2.75) is 94.1 Å². The number of esters is 2. The smallest absolute Gasteiger partial charge is 0.303 e. The zero-order chi connectivity index (χ0) is 28.5. The first-order chi connectivity index (χ1) is 16.5. The molecule has 1 aliphatic rings. The summed E-state index contributed by atoms with van der Waals surface area (Å²) >= 11 is 0. The van der Waals surface area contributed by atoms with Gasteiger partial charge in [-0.25, -0.2) is 0 Å². The molecule has 0 amide bonds. The summed E-state index contributed by atoms with van der Waals surface area (Å²) in [6.07, 6.45) is 11.9. The van der Waals surface area contributed by atoms with Crippen molar-refractivity contribution >= 4 is 23.9 Å². The lowest BCUT2D eigenvalue weighted by Crippen LogP contribution is -2.20. The molecule has 1 aliphatic carbocycles. The van der Waals surface area contributed by atoms with Gasteiger partial charge >= 0.3 is 11.9 Å². The van der Waals surface area contributed by atoms with Gasteiger partial charge in [0.1, 0.15) is 12.7 Å². The number of aliphatic carboxylic acids is 2. The molecule has 1 unspecified atom stereocenters. The van der Waals surface area contributed by atoms with E-state index in [1.165, 1.54) is 44.3 Å². The van der Waals surface area contributed by atoms with E-state index >= 15 is 0 Å². The van der Waals surface area contributed by atoms with Crippen LogP contribution in [-0.2, 0) is 28.7 Å². The lowest BCUT2D eigenvalue weighted by molar-refractivity contribution is -0.143. The van der Waals surface area contributed by atoms with Gasteiger partial charge in [-0.2, -0.15) is 0 Å². The second-order valence-electron chi connectivity index (χ2n) is 9.33. The Morgan fingerprint density at radius 3 is 1.92 bits per heavy atom. The van der Waals surface area contributed by atoms with Gasteiger partial charge in [-0.3, -0.25) is 19.2 Å². The molecule has 0 saturated heterocycles. The van der Waals surface area contributed by atoms with E-state index in [0.717, 1.165) is 31.4 Å². The first kappa shape index (κ1) is 35.0. The summed E-state index contributed by atoms with van der Waals surface area (Å²) in [5.41, 5.74) is 5.17. The number of carbonyl (C=O) groups is 4. The van der Waals surface area contributed by atoms with Gasteiger partial charge in [0.15, 0.2) is 0 Å². The normalized spacial score (nSPS) is 16.1. The predicted molar refractivity (Wildman–Crippen MR) is 140 cm³/mol. The van der Waals surface area contributed by atoms with E-state index in [-0.39, 0.29) is 24.0 Å². The first-order valence-corrected chi connectivity index (χ1v) is 11.9. The molecule has 2 N–H and O–H groups in total. The van der Waals surface area contributed by atoms with Crippen LogP contribution in [0.25, 0.3) is 0 Å². The second kappa shape index (κ2) is 18.2. The van der Waals surface area contributed by atoms with Crippen LogP contribution in [0.1, 0.15) is 88.0 Å². The Labute approximate surface area is 215 Å². The average molecular weight is 509 g/mol. The summed E-state index contributed by atoms with van der Waals surface area (Å²) in [6.45, 7) is 16.0. The molecule has 0 aromatic heterocycles. The Morgan fingerprint density at radius 1 is 0.944 bits per heavy atom. The van der Waals surface area contributed by atoms with Crippen molar-refractivity contribution in [2.24, 2.45) is 5.41 Å². The van der Waals surface area contributed by atoms with Crippen molar-refractivity contribution in [2.75, 3.05) is 6.61 Å². The number of ether oxygens (including phenoxy) is 2. The highest BCUT2D eigenvalue weighted by molar-refractivity contribution is 5.67. The molecular weight excluding hydrogens is 464 g/mol. The Bertz CT molecular complexity index is 852. The fraction of sp³-hybridized carbons (Fsp3) is 0.571. The molecule has 36 heavy (non-hydrogen) atoms. The van der Waals surface area contributed by atoms with E-state index in [1.807, 2.05) is 32.1 Å². The summed E-state index contributed by atoms with van der Waals surface area (Å²) in [5.74, 6) is -2.28. The quantitative estimate of drug-likeness (QED) is 0.231. The molecule has 0 heterocycles. The highest BCUT2D eigenvalue weighted by Crippen LogP contribution is 2.42. The lowest BCUT2D eigenvalue weighted by Gasteiger charge is -2.34. The van der Waals surface area contributed by atoms with Crippen LogP contribution in [0.2, 0.25) is 0 Å². The molecule has 0 bridgehead atoms. The molecular formula is C28H44O8. The third-order valence-electron chi connectivity index (χ3n) is 5.28. The Kier molecular flexibility index (Phi) is 17.7. The van der Waals surface area contributed by atoms with Crippen LogP contribution in [0.5, 0.6) is 0 Å². The number of hydrogen-bond donors (Lipinski definition) is 2. The van der Waals surface area contributed by atoms with Gasteiger partial charge < -0.3 is 19.7 Å². The van der Waals surface area contributed by atoms with E-state index in [9.17, 15) is 9.59 Å². The lowest BCUT2D eigenvalue weighted by atomic mass is 9.71. The minimum Gasteiger partial charge on any atom is -0.481 e. The van der Waals surface area contributed by atoms with Gasteiger partial charge in [0.25, 0.3) is 11.9 Å². The van der Waals surface area contributed by atoms with E-state index in [2.05, 4.69) is 26.8 Å². The van der Waals surface area contributed by atoms with E-state index < -0.39 is 18.0 Å². The van der Waals surface area contributed by atoms with Crippen LogP contribution >= 0.6 is 0 Å². The largest absolute Gasteiger partial charge is 0.481 e. The zero-order valence-corrected chi connectivity index (χ0v) is 23.3. The maximum atomic E-state index is 11.5. The maximum absolute atomic E-state index is 11.5. The highest BCUT2D eigenvalue weighted by Gasteiger charge is 2.27. The summed E-state index contributed by atoms with van der Waals surface area (Å²) in [5, 5.41) is 14.8. The van der Waals surface area contributed by atoms with Crippen molar-refractivity contribution in [1.82, 2.24) is 0 Å². The third kappa shape index (κ3) is 19.2. The van der Waals surface area contributed by atoms with Gasteiger partial charge in [0, 0.05) is 27.7 Å². The van der Waals surface area contributed by atoms with Crippen LogP contribution in [0, 0.1) is 5.41 Å². The monoisotopic (exact) mass is 508 g/mol. The third-order valence-corrected chi connectivity index (χ3v) is 5.28. The fourth-order valence-corrected chi connectivity index (χ4v) is 3.57. The van der Waals surface area contributed by atoms with Gasteiger partial charge in [-0.05, 0) is 69.6 Å². The molecule has 0 saturated carbocycles. The summed E-state index contributed by atoms with van der Waals surface area (Å²) in [7, 11) is 0. The molecule has 0 aromatic carbocycles.